The third-order valence-corrected chi connectivity index (χ3v) is 5.07. The zero-order valence-electron chi connectivity index (χ0n) is 9.13. The summed E-state index contributed by atoms with van der Waals surface area (Å²) in [6.45, 7) is 0.231. The summed E-state index contributed by atoms with van der Waals surface area (Å²) in [5.74, 6) is 0. The molecule has 1 heterocycles. The van der Waals surface area contributed by atoms with Gasteiger partial charge in [-0.2, -0.15) is 0 Å². The van der Waals surface area contributed by atoms with Gasteiger partial charge in [0.1, 0.15) is 0 Å². The van der Waals surface area contributed by atoms with E-state index in [1.807, 2.05) is 0 Å². The Kier molecular flexibility index (Phi) is 4.00. The van der Waals surface area contributed by atoms with Crippen LogP contribution in [0.15, 0.2) is 39.3 Å². The van der Waals surface area contributed by atoms with Crippen molar-refractivity contribution in [1.29, 1.82) is 0 Å². The molecule has 0 unspecified atom stereocenters. The smallest absolute Gasteiger partial charge is 0.240 e. The van der Waals surface area contributed by atoms with Crippen molar-refractivity contribution in [2.75, 3.05) is 5.73 Å². The zero-order valence-corrected chi connectivity index (χ0v) is 12.3. The van der Waals surface area contributed by atoms with Crippen LogP contribution in [-0.2, 0) is 16.6 Å². The monoisotopic (exact) mass is 347 g/mol. The first kappa shape index (κ1) is 13.5. The van der Waals surface area contributed by atoms with Gasteiger partial charge in [0.2, 0.25) is 10.0 Å². The summed E-state index contributed by atoms with van der Waals surface area (Å²) >= 11 is 4.60. The van der Waals surface area contributed by atoms with Gasteiger partial charge in [0.25, 0.3) is 0 Å². The summed E-state index contributed by atoms with van der Waals surface area (Å²) in [4.78, 5) is 4.91. The summed E-state index contributed by atoms with van der Waals surface area (Å²) in [7, 11) is -3.53. The van der Waals surface area contributed by atoms with Gasteiger partial charge in [-0.15, -0.1) is 11.3 Å². The fourth-order valence-electron chi connectivity index (χ4n) is 1.25. The van der Waals surface area contributed by atoms with E-state index in [2.05, 4.69) is 25.6 Å². The van der Waals surface area contributed by atoms with E-state index in [0.717, 1.165) is 4.88 Å². The van der Waals surface area contributed by atoms with Gasteiger partial charge in [-0.1, -0.05) is 0 Å². The van der Waals surface area contributed by atoms with E-state index in [0.29, 0.717) is 10.2 Å². The van der Waals surface area contributed by atoms with E-state index in [-0.39, 0.29) is 11.4 Å². The summed E-state index contributed by atoms with van der Waals surface area (Å²) < 4.78 is 27.1. The number of aromatic nitrogens is 1. The summed E-state index contributed by atoms with van der Waals surface area (Å²) in [6, 6.07) is 4.49. The number of benzene rings is 1. The molecule has 0 fully saturated rings. The van der Waals surface area contributed by atoms with Crippen molar-refractivity contribution < 1.29 is 8.42 Å². The second kappa shape index (κ2) is 5.35. The maximum absolute atomic E-state index is 12.0. The van der Waals surface area contributed by atoms with E-state index < -0.39 is 10.0 Å². The van der Waals surface area contributed by atoms with E-state index in [1.54, 1.807) is 17.8 Å². The van der Waals surface area contributed by atoms with Crippen LogP contribution in [0.5, 0.6) is 0 Å². The van der Waals surface area contributed by atoms with Gasteiger partial charge in [-0.3, -0.25) is 4.98 Å². The maximum atomic E-state index is 12.0. The minimum absolute atomic E-state index is 0.174. The second-order valence-corrected chi connectivity index (χ2v) is 7.07. The fraction of sp³-hybridized carbons (Fsp3) is 0.100. The van der Waals surface area contributed by atoms with Crippen molar-refractivity contribution in [3.63, 3.8) is 0 Å². The molecule has 0 aliphatic carbocycles. The Morgan fingerprint density at radius 3 is 2.83 bits per heavy atom. The lowest BCUT2D eigenvalue weighted by Gasteiger charge is -2.07. The molecule has 0 atom stereocenters. The molecule has 18 heavy (non-hydrogen) atoms. The third kappa shape index (κ3) is 3.08. The number of halogens is 1. The molecule has 0 aliphatic rings. The average Bonchev–Trinajstić information content (AvgIpc) is 2.83. The molecule has 0 bridgehead atoms. The Morgan fingerprint density at radius 2 is 2.22 bits per heavy atom. The number of nitrogen functional groups attached to an aromatic ring is 1. The number of sulfonamides is 1. The molecule has 8 heteroatoms. The Hall–Kier alpha value is -0.960. The number of nitrogens with two attached hydrogens (primary N) is 1. The van der Waals surface area contributed by atoms with Crippen molar-refractivity contribution in [1.82, 2.24) is 9.71 Å². The highest BCUT2D eigenvalue weighted by molar-refractivity contribution is 9.10. The minimum Gasteiger partial charge on any atom is -0.398 e. The predicted molar refractivity (Wildman–Crippen MR) is 74.7 cm³/mol. The van der Waals surface area contributed by atoms with Crippen LogP contribution in [0.4, 0.5) is 5.69 Å². The van der Waals surface area contributed by atoms with E-state index >= 15 is 0 Å². The van der Waals surface area contributed by atoms with Gasteiger partial charge in [0.15, 0.2) is 0 Å². The Balaban J connectivity index is 2.17. The number of thiazole rings is 1. The SMILES string of the molecule is Nc1ccc(S(=O)(=O)NCc2cncs2)cc1Br. The molecule has 0 spiro atoms. The van der Waals surface area contributed by atoms with Crippen LogP contribution in [0.25, 0.3) is 0 Å². The molecular formula is C10H10BrN3O2S2. The predicted octanol–water partition coefficient (Wildman–Crippen LogP) is 1.97. The van der Waals surface area contributed by atoms with Crippen LogP contribution in [0.3, 0.4) is 0 Å². The van der Waals surface area contributed by atoms with Gasteiger partial charge in [0, 0.05) is 27.8 Å². The summed E-state index contributed by atoms with van der Waals surface area (Å²) in [5, 5.41) is 0. The number of nitrogens with one attached hydrogen (secondary N) is 1. The van der Waals surface area contributed by atoms with Crippen LogP contribution >= 0.6 is 27.3 Å². The lowest BCUT2D eigenvalue weighted by Crippen LogP contribution is -2.22. The highest BCUT2D eigenvalue weighted by atomic mass is 79.9. The Labute approximate surface area is 117 Å². The fourth-order valence-corrected chi connectivity index (χ4v) is 3.44. The molecule has 1 aromatic heterocycles. The topological polar surface area (TPSA) is 85.1 Å². The molecule has 3 N–H and O–H groups in total. The van der Waals surface area contributed by atoms with Gasteiger partial charge >= 0.3 is 0 Å². The lowest BCUT2D eigenvalue weighted by molar-refractivity contribution is 0.582. The molecule has 5 nitrogen and oxygen atoms in total. The molecule has 2 aromatic rings. The van der Waals surface area contributed by atoms with Crippen molar-refractivity contribution in [3.8, 4) is 0 Å². The average molecular weight is 348 g/mol. The minimum atomic E-state index is -3.53. The normalized spacial score (nSPS) is 11.6. The summed E-state index contributed by atoms with van der Waals surface area (Å²) in [6.07, 6.45) is 1.63. The maximum Gasteiger partial charge on any atom is 0.240 e. The molecule has 2 rings (SSSR count). The largest absolute Gasteiger partial charge is 0.398 e. The molecule has 0 radical (unpaired) electrons. The third-order valence-electron chi connectivity index (χ3n) is 2.20. The van der Waals surface area contributed by atoms with Crippen molar-refractivity contribution in [2.24, 2.45) is 0 Å². The standard InChI is InChI=1S/C10H10BrN3O2S2/c11-9-3-8(1-2-10(9)12)18(15,16)14-5-7-4-13-6-17-7/h1-4,6,14H,5,12H2. The number of nitrogens with zero attached hydrogens (tertiary/aromatic N) is 1. The van der Waals surface area contributed by atoms with Crippen molar-refractivity contribution >= 4 is 43.0 Å². The van der Waals surface area contributed by atoms with Gasteiger partial charge in [-0.25, -0.2) is 13.1 Å². The van der Waals surface area contributed by atoms with Gasteiger partial charge in [-0.05, 0) is 34.1 Å². The number of hydrogen-bond donors (Lipinski definition) is 2. The first-order chi connectivity index (χ1) is 8.49. The lowest BCUT2D eigenvalue weighted by atomic mass is 10.3. The van der Waals surface area contributed by atoms with Crippen LogP contribution in [0.1, 0.15) is 4.88 Å². The van der Waals surface area contributed by atoms with E-state index in [1.165, 1.54) is 23.5 Å². The van der Waals surface area contributed by atoms with Crippen molar-refractivity contribution in [3.05, 3.63) is 39.3 Å². The summed E-state index contributed by atoms with van der Waals surface area (Å²) in [5.41, 5.74) is 7.77. The Bertz CT molecular complexity index is 641. The molecule has 0 saturated heterocycles. The van der Waals surface area contributed by atoms with E-state index in [9.17, 15) is 8.42 Å². The number of hydrogen-bond acceptors (Lipinski definition) is 5. The molecule has 1 aromatic carbocycles. The first-order valence-corrected chi connectivity index (χ1v) is 8.07. The van der Waals surface area contributed by atoms with Crippen molar-refractivity contribution in [2.45, 2.75) is 11.4 Å². The number of rotatable bonds is 4. The molecule has 0 amide bonds. The molecular weight excluding hydrogens is 338 g/mol. The van der Waals surface area contributed by atoms with Crippen LogP contribution in [-0.4, -0.2) is 13.4 Å². The highest BCUT2D eigenvalue weighted by Gasteiger charge is 2.15. The van der Waals surface area contributed by atoms with Gasteiger partial charge in [0.05, 0.1) is 10.4 Å². The van der Waals surface area contributed by atoms with Crippen LogP contribution in [0.2, 0.25) is 0 Å². The molecule has 96 valence electrons. The van der Waals surface area contributed by atoms with Crippen LogP contribution in [0, 0.1) is 0 Å². The van der Waals surface area contributed by atoms with Gasteiger partial charge < -0.3 is 5.73 Å². The highest BCUT2D eigenvalue weighted by Crippen LogP contribution is 2.23. The van der Waals surface area contributed by atoms with Crippen LogP contribution < -0.4 is 10.5 Å². The quantitative estimate of drug-likeness (QED) is 0.828. The zero-order chi connectivity index (χ0) is 13.2. The molecule has 0 aliphatic heterocycles. The first-order valence-electron chi connectivity index (χ1n) is 4.91. The molecule has 0 saturated carbocycles. The van der Waals surface area contributed by atoms with E-state index in [4.69, 9.17) is 5.73 Å². The number of anilines is 1. The second-order valence-electron chi connectivity index (χ2n) is 3.48. The Morgan fingerprint density at radius 1 is 1.44 bits per heavy atom.